The van der Waals surface area contributed by atoms with Crippen molar-refractivity contribution in [2.24, 2.45) is 28.2 Å². The van der Waals surface area contributed by atoms with Crippen molar-refractivity contribution in [2.75, 3.05) is 0 Å². The number of hydrogen-bond donors (Lipinski definition) is 0. The Balaban J connectivity index is 0.000000132. The molecule has 2 aromatic carbocycles. The second kappa shape index (κ2) is 15.7. The van der Waals surface area contributed by atoms with E-state index in [4.69, 9.17) is 9.31 Å². The summed E-state index contributed by atoms with van der Waals surface area (Å²) in [5.74, 6) is 0.448. The highest BCUT2D eigenvalue weighted by Gasteiger charge is 2.52. The minimum Gasteiger partial charge on any atom is -0.399 e. The molecule has 0 spiro atoms. The van der Waals surface area contributed by atoms with E-state index in [0.717, 1.165) is 87.3 Å². The quantitative estimate of drug-likeness (QED) is 0.138. The summed E-state index contributed by atoms with van der Waals surface area (Å²) in [5, 5.41) is 17.4. The lowest BCUT2D eigenvalue weighted by molar-refractivity contribution is 0.00578. The van der Waals surface area contributed by atoms with Gasteiger partial charge >= 0.3 is 7.12 Å². The molecule has 2 aliphatic carbocycles. The number of nitrogens with zero attached hydrogens (tertiary/aromatic N) is 8. The van der Waals surface area contributed by atoms with Gasteiger partial charge in [-0.1, -0.05) is 36.4 Å². The number of carbonyl (C=O) groups excluding carboxylic acids is 2. The van der Waals surface area contributed by atoms with E-state index in [1.54, 1.807) is 15.6 Å². The number of rotatable bonds is 4. The van der Waals surface area contributed by atoms with Crippen LogP contribution in [0.4, 0.5) is 0 Å². The summed E-state index contributed by atoms with van der Waals surface area (Å²) in [6.45, 7) is 8.18. The van der Waals surface area contributed by atoms with E-state index >= 15 is 0 Å². The topological polar surface area (TPSA) is 124 Å². The molecule has 0 atom stereocenters. The van der Waals surface area contributed by atoms with Crippen LogP contribution in [0.5, 0.6) is 0 Å². The van der Waals surface area contributed by atoms with E-state index in [1.165, 1.54) is 3.57 Å². The van der Waals surface area contributed by atoms with Gasteiger partial charge in [-0.3, -0.25) is 28.3 Å². The van der Waals surface area contributed by atoms with Crippen LogP contribution >= 0.6 is 22.6 Å². The van der Waals surface area contributed by atoms with Crippen molar-refractivity contribution >= 4 is 46.7 Å². The monoisotopic (exact) mass is 866 g/mol. The molecule has 56 heavy (non-hydrogen) atoms. The number of benzene rings is 2. The first-order valence-electron chi connectivity index (χ1n) is 19.0. The second-order valence-corrected chi connectivity index (χ2v) is 16.9. The Morgan fingerprint density at radius 2 is 1.05 bits per heavy atom. The predicted octanol–water partition coefficient (Wildman–Crippen LogP) is 6.94. The molecule has 0 saturated carbocycles. The molecule has 6 aromatic rings. The lowest BCUT2D eigenvalue weighted by Gasteiger charge is -2.32. The van der Waals surface area contributed by atoms with Gasteiger partial charge in [0.25, 0.3) is 0 Å². The van der Waals surface area contributed by atoms with Crippen LogP contribution in [0.15, 0.2) is 73.3 Å². The number of ketones is 2. The van der Waals surface area contributed by atoms with Crippen molar-refractivity contribution in [1.82, 2.24) is 39.1 Å². The van der Waals surface area contributed by atoms with Crippen LogP contribution in [-0.4, -0.2) is 69.0 Å². The molecule has 9 rings (SSSR count). The fourth-order valence-electron chi connectivity index (χ4n) is 7.38. The summed E-state index contributed by atoms with van der Waals surface area (Å²) in [6, 6.07) is 16.5. The Kier molecular flexibility index (Phi) is 11.1. The molecule has 0 amide bonds. The van der Waals surface area contributed by atoms with Gasteiger partial charge in [0.15, 0.2) is 11.6 Å². The number of carbonyl (C=O) groups is 2. The summed E-state index contributed by atoms with van der Waals surface area (Å²) in [5.41, 5.74) is 10.2. The highest BCUT2D eigenvalue weighted by molar-refractivity contribution is 14.1. The first-order valence-corrected chi connectivity index (χ1v) is 20.1. The standard InChI is InChI=1S/C18H18N4O.C14H13IN2O.C10H17BN2O2/c1-21-11-14(10-19-21)12-6-8-13(9-7-12)18-17-15(20-22(18)2)4-3-5-16(17)23;1-17-14(9-5-7-10(15)8-6-9)13-11(16-17)3-2-4-12(13)18;1-9(2)10(3,4)15-11(14-9)8-6-12-13(5)7-8/h6-11H,3-5H2,1-2H3;5-8H,2-4H2,1H3;6-7H,1-5H3. The van der Waals surface area contributed by atoms with E-state index in [9.17, 15) is 9.59 Å². The number of hydrogen-bond acceptors (Lipinski definition) is 8. The Morgan fingerprint density at radius 1 is 0.607 bits per heavy atom. The van der Waals surface area contributed by atoms with Crippen molar-refractivity contribution in [3.05, 3.63) is 99.4 Å². The molecular formula is C42H48BIN8O4. The van der Waals surface area contributed by atoms with E-state index < -0.39 is 0 Å². The van der Waals surface area contributed by atoms with Crippen LogP contribution in [-0.2, 0) is 50.3 Å². The van der Waals surface area contributed by atoms with Gasteiger partial charge in [0.2, 0.25) is 0 Å². The van der Waals surface area contributed by atoms with Gasteiger partial charge in [-0.05, 0) is 93.7 Å². The minimum atomic E-state index is -0.302. The zero-order valence-corrected chi connectivity index (χ0v) is 35.5. The van der Waals surface area contributed by atoms with Gasteiger partial charge in [-0.2, -0.15) is 20.4 Å². The Hall–Kier alpha value is -4.67. The fourth-order valence-corrected chi connectivity index (χ4v) is 7.74. The maximum Gasteiger partial charge on any atom is 0.498 e. The summed E-state index contributed by atoms with van der Waals surface area (Å²) < 4.78 is 20.2. The number of fused-ring (bicyclic) bond motifs is 2. The van der Waals surface area contributed by atoms with Crippen molar-refractivity contribution in [2.45, 2.75) is 77.4 Å². The molecule has 12 nitrogen and oxygen atoms in total. The van der Waals surface area contributed by atoms with Crippen LogP contribution < -0.4 is 5.46 Å². The fraction of sp³-hybridized carbons (Fsp3) is 0.381. The van der Waals surface area contributed by atoms with Crippen LogP contribution in [0.3, 0.4) is 0 Å². The van der Waals surface area contributed by atoms with Crippen LogP contribution in [0.2, 0.25) is 0 Å². The third-order valence-electron chi connectivity index (χ3n) is 11.0. The van der Waals surface area contributed by atoms with Crippen LogP contribution in [0.25, 0.3) is 33.6 Å². The number of halogens is 1. The number of aryl methyl sites for hydroxylation is 6. The molecule has 14 heteroatoms. The van der Waals surface area contributed by atoms with Gasteiger partial charge in [-0.25, -0.2) is 0 Å². The van der Waals surface area contributed by atoms with E-state index in [-0.39, 0.29) is 29.9 Å². The lowest BCUT2D eigenvalue weighted by atomic mass is 9.82. The van der Waals surface area contributed by atoms with Crippen molar-refractivity contribution in [3.63, 3.8) is 0 Å². The molecule has 0 bridgehead atoms. The Bertz CT molecular complexity index is 2370. The molecule has 1 fully saturated rings. The van der Waals surface area contributed by atoms with Crippen molar-refractivity contribution in [1.29, 1.82) is 0 Å². The molecule has 1 saturated heterocycles. The van der Waals surface area contributed by atoms with Gasteiger partial charge in [-0.15, -0.1) is 0 Å². The third kappa shape index (κ3) is 7.96. The highest BCUT2D eigenvalue weighted by Crippen LogP contribution is 2.37. The number of aromatic nitrogens is 8. The Morgan fingerprint density at radius 3 is 1.50 bits per heavy atom. The summed E-state index contributed by atoms with van der Waals surface area (Å²) in [4.78, 5) is 24.4. The molecule has 0 N–H and O–H groups in total. The Labute approximate surface area is 341 Å². The van der Waals surface area contributed by atoms with Gasteiger partial charge in [0, 0.05) is 85.3 Å². The van der Waals surface area contributed by atoms with Gasteiger partial charge in [0.05, 0.1) is 51.3 Å². The molecule has 0 unspecified atom stereocenters. The zero-order chi connectivity index (χ0) is 39.9. The van der Waals surface area contributed by atoms with E-state index in [1.807, 2.05) is 83.8 Å². The SMILES string of the molecule is Cn1cc(-c2ccc(-c3c4c(nn3C)CCCC4=O)cc2)cn1.Cn1cc(B2OC(C)(C)C(C)(C)O2)cn1.Cn1nc2c(c1-c1ccc(I)cc1)C(=O)CCC2. The largest absolute Gasteiger partial charge is 0.498 e. The van der Waals surface area contributed by atoms with Gasteiger partial charge in [0.1, 0.15) is 0 Å². The molecule has 5 heterocycles. The highest BCUT2D eigenvalue weighted by atomic mass is 127. The number of Topliss-reactive ketones (excluding diaryl/α,β-unsaturated/α-hetero) is 2. The second-order valence-electron chi connectivity index (χ2n) is 15.7. The summed E-state index contributed by atoms with van der Waals surface area (Å²) >= 11 is 2.28. The van der Waals surface area contributed by atoms with Crippen molar-refractivity contribution in [3.8, 4) is 33.6 Å². The average Bonchev–Trinajstić information content (AvgIpc) is 3.97. The average molecular weight is 867 g/mol. The summed E-state index contributed by atoms with van der Waals surface area (Å²) in [6.07, 6.45) is 12.5. The first kappa shape index (κ1) is 39.6. The lowest BCUT2D eigenvalue weighted by Crippen LogP contribution is -2.41. The minimum absolute atomic E-state index is 0.214. The van der Waals surface area contributed by atoms with E-state index in [2.05, 4.69) is 91.5 Å². The third-order valence-corrected chi connectivity index (χ3v) is 11.7. The van der Waals surface area contributed by atoms with Gasteiger partial charge < -0.3 is 9.31 Å². The van der Waals surface area contributed by atoms with Crippen LogP contribution in [0, 0.1) is 3.57 Å². The van der Waals surface area contributed by atoms with E-state index in [0.29, 0.717) is 12.8 Å². The normalized spacial score (nSPS) is 16.8. The van der Waals surface area contributed by atoms with Crippen molar-refractivity contribution < 1.29 is 18.9 Å². The molecular weight excluding hydrogens is 818 g/mol. The maximum atomic E-state index is 12.3. The first-order chi connectivity index (χ1) is 26.6. The molecule has 3 aliphatic rings. The molecule has 4 aromatic heterocycles. The molecule has 290 valence electrons. The zero-order valence-electron chi connectivity index (χ0n) is 33.3. The molecule has 1 aliphatic heterocycles. The van der Waals surface area contributed by atoms with Crippen LogP contribution in [0.1, 0.15) is 85.5 Å². The maximum absolute atomic E-state index is 12.3. The summed E-state index contributed by atoms with van der Waals surface area (Å²) in [7, 11) is 7.32. The predicted molar refractivity (Wildman–Crippen MR) is 226 cm³/mol. The molecule has 0 radical (unpaired) electrons. The smallest absolute Gasteiger partial charge is 0.399 e.